The lowest BCUT2D eigenvalue weighted by atomic mass is 9.33. The van der Waals surface area contributed by atoms with Gasteiger partial charge in [0, 0.05) is 0 Å². The molecule has 0 amide bonds. The van der Waals surface area contributed by atoms with Crippen LogP contribution in [-0.2, 0) is 14.3 Å². The number of hydrogen-bond donors (Lipinski definition) is 5. The number of fused-ring (bicyclic) bond motifs is 7. The Hall–Kier alpha value is -1.03. The van der Waals surface area contributed by atoms with Crippen LogP contribution in [-0.4, -0.2) is 74.9 Å². The number of carbonyl (C=O) groups is 1. The van der Waals surface area contributed by atoms with Gasteiger partial charge in [0.15, 0.2) is 0 Å². The highest BCUT2D eigenvalue weighted by Crippen LogP contribution is 2.75. The van der Waals surface area contributed by atoms with Gasteiger partial charge in [-0.2, -0.15) is 0 Å². The van der Waals surface area contributed by atoms with Gasteiger partial charge in [-0.1, -0.05) is 60.1 Å². The van der Waals surface area contributed by atoms with Gasteiger partial charge < -0.3 is 35.0 Å². The van der Waals surface area contributed by atoms with Crippen molar-refractivity contribution in [1.29, 1.82) is 0 Å². The molecule has 5 fully saturated rings. The number of esters is 1. The Balaban J connectivity index is 1.35. The largest absolute Gasteiger partial charge is 0.432 e. The summed E-state index contributed by atoms with van der Waals surface area (Å²) in [4.78, 5) is 14.4. The van der Waals surface area contributed by atoms with E-state index in [1.54, 1.807) is 0 Å². The second kappa shape index (κ2) is 10.5. The van der Waals surface area contributed by atoms with Crippen molar-refractivity contribution in [3.05, 3.63) is 11.6 Å². The smallest absolute Gasteiger partial charge is 0.315 e. The second-order valence-electron chi connectivity index (χ2n) is 17.8. The first-order valence-corrected chi connectivity index (χ1v) is 17.3. The zero-order chi connectivity index (χ0) is 32.3. The number of allylic oxidation sites excluding steroid dienone is 2. The summed E-state index contributed by atoms with van der Waals surface area (Å²) in [5.74, 6) is 0.561. The molecule has 5 N–H and O–H groups in total. The summed E-state index contributed by atoms with van der Waals surface area (Å²) in [5, 5.41) is 52.0. The van der Waals surface area contributed by atoms with E-state index in [1.165, 1.54) is 5.57 Å². The minimum atomic E-state index is -1.61. The molecule has 0 aromatic rings. The maximum atomic E-state index is 14.4. The molecule has 0 bridgehead atoms. The van der Waals surface area contributed by atoms with E-state index in [1.807, 2.05) is 0 Å². The predicted molar refractivity (Wildman–Crippen MR) is 165 cm³/mol. The zero-order valence-electron chi connectivity index (χ0n) is 28.0. The fourth-order valence-electron chi connectivity index (χ4n) is 12.0. The number of ether oxygens (including phenoxy) is 2. The van der Waals surface area contributed by atoms with Crippen molar-refractivity contribution in [2.24, 2.45) is 50.2 Å². The summed E-state index contributed by atoms with van der Waals surface area (Å²) < 4.78 is 11.6. The highest BCUT2D eigenvalue weighted by atomic mass is 16.7. The van der Waals surface area contributed by atoms with Crippen LogP contribution in [0.5, 0.6) is 0 Å². The molecule has 1 saturated heterocycles. The van der Waals surface area contributed by atoms with E-state index < -0.39 is 48.7 Å². The number of hydrogen-bond acceptors (Lipinski definition) is 8. The molecule has 0 spiro atoms. The van der Waals surface area contributed by atoms with Crippen molar-refractivity contribution in [2.45, 2.75) is 149 Å². The Morgan fingerprint density at radius 1 is 0.864 bits per heavy atom. The third-order valence-corrected chi connectivity index (χ3v) is 15.1. The Morgan fingerprint density at radius 3 is 2.23 bits per heavy atom. The molecular weight excluding hydrogens is 560 g/mol. The van der Waals surface area contributed by atoms with Crippen LogP contribution in [0.2, 0.25) is 0 Å². The summed E-state index contributed by atoms with van der Waals surface area (Å²) >= 11 is 0. The van der Waals surface area contributed by atoms with E-state index in [2.05, 4.69) is 54.5 Å². The van der Waals surface area contributed by atoms with Crippen LogP contribution in [0.15, 0.2) is 11.6 Å². The lowest BCUT2D eigenvalue weighted by Crippen LogP contribution is -2.65. The number of aliphatic hydroxyl groups is 5. The normalized spacial score (nSPS) is 52.8. The van der Waals surface area contributed by atoms with E-state index in [0.717, 1.165) is 51.4 Å². The van der Waals surface area contributed by atoms with Gasteiger partial charge in [0.05, 0.1) is 18.1 Å². The molecule has 5 aliphatic carbocycles. The first-order chi connectivity index (χ1) is 20.4. The van der Waals surface area contributed by atoms with Crippen LogP contribution in [0.1, 0.15) is 113 Å². The van der Waals surface area contributed by atoms with E-state index in [9.17, 15) is 30.3 Å². The molecule has 44 heavy (non-hydrogen) atoms. The Bertz CT molecular complexity index is 1180. The molecule has 0 aromatic heterocycles. The monoisotopic (exact) mass is 618 g/mol. The molecule has 6 rings (SSSR count). The lowest BCUT2D eigenvalue weighted by molar-refractivity contribution is -0.297. The summed E-state index contributed by atoms with van der Waals surface area (Å²) in [6.45, 7) is 16.1. The summed E-state index contributed by atoms with van der Waals surface area (Å²) in [6.07, 6.45) is 4.05. The van der Waals surface area contributed by atoms with Gasteiger partial charge in [0.1, 0.15) is 24.4 Å². The molecule has 4 saturated carbocycles. The fraction of sp³-hybridized carbons (Fsp3) is 0.917. The third-order valence-electron chi connectivity index (χ3n) is 15.1. The van der Waals surface area contributed by atoms with Crippen molar-refractivity contribution in [1.82, 2.24) is 0 Å². The number of carbonyl (C=O) groups excluding carboxylic acids is 1. The van der Waals surface area contributed by atoms with Gasteiger partial charge in [-0.15, -0.1) is 0 Å². The standard InChI is InChI=1S/C36H58O8/c1-31(2)14-16-36(30(42)44-29-28(41)27(40)26(39)22(19-37)43-29)17-15-34(6)20(21(36)18-31)8-9-24-33(5)12-11-25(38)32(3,4)23(33)10-13-35(24,34)7/h8,21-29,37-41H,9-19H2,1-7H3/t21-,22+,23-,24+,25-,26+,27-,28?,29-,33-,34+,35+,36-/m0/s1. The molecule has 1 aliphatic heterocycles. The number of aliphatic hydroxyl groups excluding tert-OH is 5. The molecule has 6 aliphatic rings. The van der Waals surface area contributed by atoms with Crippen LogP contribution in [0.4, 0.5) is 0 Å². The minimum absolute atomic E-state index is 0.00434. The van der Waals surface area contributed by atoms with Crippen LogP contribution >= 0.6 is 0 Å². The fourth-order valence-corrected chi connectivity index (χ4v) is 12.0. The molecule has 8 heteroatoms. The lowest BCUT2D eigenvalue weighted by Gasteiger charge is -2.71. The SMILES string of the molecule is CC1(C)CC[C@]2(C(=O)O[C@@H]3O[C@H](CO)[C@@H](O)[C@H](O)C3O)CC[C@]3(C)C(=CC[C@@H]4[C@@]5(C)CC[C@H](O)C(C)(C)[C@@H]5CC[C@]43C)[C@@H]2C1. The molecule has 13 atom stereocenters. The van der Waals surface area contributed by atoms with Crippen LogP contribution in [0.3, 0.4) is 0 Å². The van der Waals surface area contributed by atoms with Gasteiger partial charge in [-0.3, -0.25) is 4.79 Å². The molecule has 8 nitrogen and oxygen atoms in total. The highest BCUT2D eigenvalue weighted by Gasteiger charge is 2.69. The number of rotatable bonds is 3. The van der Waals surface area contributed by atoms with Gasteiger partial charge in [0.25, 0.3) is 0 Å². The summed E-state index contributed by atoms with van der Waals surface area (Å²) in [6, 6.07) is 0. The molecule has 250 valence electrons. The summed E-state index contributed by atoms with van der Waals surface area (Å²) in [7, 11) is 0. The van der Waals surface area contributed by atoms with Gasteiger partial charge >= 0.3 is 5.97 Å². The van der Waals surface area contributed by atoms with Crippen molar-refractivity contribution < 1.29 is 39.8 Å². The Kier molecular flexibility index (Phi) is 7.84. The summed E-state index contributed by atoms with van der Waals surface area (Å²) in [5.41, 5.74) is 0.719. The zero-order valence-corrected chi connectivity index (χ0v) is 28.0. The van der Waals surface area contributed by atoms with Crippen LogP contribution < -0.4 is 0 Å². The van der Waals surface area contributed by atoms with Gasteiger partial charge in [-0.05, 0) is 109 Å². The van der Waals surface area contributed by atoms with E-state index >= 15 is 0 Å². The van der Waals surface area contributed by atoms with Crippen molar-refractivity contribution >= 4 is 5.97 Å². The van der Waals surface area contributed by atoms with Gasteiger partial charge in [0.2, 0.25) is 6.29 Å². The molecule has 1 heterocycles. The van der Waals surface area contributed by atoms with Crippen LogP contribution in [0.25, 0.3) is 0 Å². The maximum absolute atomic E-state index is 14.4. The first-order valence-electron chi connectivity index (χ1n) is 17.3. The van der Waals surface area contributed by atoms with Crippen LogP contribution in [0, 0.1) is 50.2 Å². The average Bonchev–Trinajstić information content (AvgIpc) is 2.95. The maximum Gasteiger partial charge on any atom is 0.315 e. The van der Waals surface area contributed by atoms with Crippen molar-refractivity contribution in [3.63, 3.8) is 0 Å². The predicted octanol–water partition coefficient (Wildman–Crippen LogP) is 4.49. The topological polar surface area (TPSA) is 137 Å². The molecular formula is C36H58O8. The average molecular weight is 619 g/mol. The Morgan fingerprint density at radius 2 is 1.55 bits per heavy atom. The van der Waals surface area contributed by atoms with Gasteiger partial charge in [-0.25, -0.2) is 0 Å². The molecule has 1 unspecified atom stereocenters. The van der Waals surface area contributed by atoms with E-state index in [0.29, 0.717) is 24.7 Å². The molecule has 0 aromatic carbocycles. The highest BCUT2D eigenvalue weighted by molar-refractivity contribution is 5.79. The minimum Gasteiger partial charge on any atom is -0.432 e. The van der Waals surface area contributed by atoms with E-state index in [-0.39, 0.29) is 39.1 Å². The van der Waals surface area contributed by atoms with E-state index in [4.69, 9.17) is 9.47 Å². The third kappa shape index (κ3) is 4.40. The van der Waals surface area contributed by atoms with Crippen molar-refractivity contribution in [2.75, 3.05) is 6.61 Å². The van der Waals surface area contributed by atoms with Crippen molar-refractivity contribution in [3.8, 4) is 0 Å². The second-order valence-corrected chi connectivity index (χ2v) is 17.8. The Labute approximate surface area is 263 Å². The quantitative estimate of drug-likeness (QED) is 0.231. The first kappa shape index (κ1) is 32.9. The molecule has 0 radical (unpaired) electrons.